The number of carbonyl (C=O) groups excluding carboxylic acids is 2. The molecule has 3 amide bonds. The molecule has 6 heteroatoms. The van der Waals surface area contributed by atoms with Crippen LogP contribution in [0.15, 0.2) is 24.3 Å². The van der Waals surface area contributed by atoms with Gasteiger partial charge in [0, 0.05) is 11.6 Å². The van der Waals surface area contributed by atoms with E-state index in [4.69, 9.17) is 4.74 Å². The van der Waals surface area contributed by atoms with Crippen LogP contribution in [0.1, 0.15) is 38.5 Å². The van der Waals surface area contributed by atoms with Crippen molar-refractivity contribution in [1.29, 1.82) is 0 Å². The topological polar surface area (TPSA) is 67.4 Å². The van der Waals surface area contributed by atoms with Crippen LogP contribution < -0.4 is 15.4 Å². The van der Waals surface area contributed by atoms with Gasteiger partial charge in [-0.15, -0.1) is 0 Å². The van der Waals surface area contributed by atoms with Crippen LogP contribution in [0.4, 0.5) is 9.18 Å². The molecule has 4 saturated carbocycles. The second-order valence-corrected chi connectivity index (χ2v) is 7.95. The average Bonchev–Trinajstić information content (AvgIpc) is 2.51. The maximum Gasteiger partial charge on any atom is 0.321 e. The van der Waals surface area contributed by atoms with Gasteiger partial charge < -0.3 is 10.1 Å². The zero-order valence-electron chi connectivity index (χ0n) is 14.1. The van der Waals surface area contributed by atoms with Crippen molar-refractivity contribution in [1.82, 2.24) is 10.6 Å². The summed E-state index contributed by atoms with van der Waals surface area (Å²) in [7, 11) is 0. The van der Waals surface area contributed by atoms with Crippen molar-refractivity contribution < 1.29 is 18.7 Å². The summed E-state index contributed by atoms with van der Waals surface area (Å²) in [6, 6.07) is 5.11. The zero-order chi connectivity index (χ0) is 17.4. The summed E-state index contributed by atoms with van der Waals surface area (Å²) >= 11 is 0. The van der Waals surface area contributed by atoms with Crippen molar-refractivity contribution in [3.05, 3.63) is 30.1 Å². The molecule has 1 aromatic rings. The van der Waals surface area contributed by atoms with E-state index in [2.05, 4.69) is 10.6 Å². The van der Waals surface area contributed by atoms with Gasteiger partial charge in [-0.05, 0) is 68.4 Å². The Bertz CT molecular complexity index is 656. The van der Waals surface area contributed by atoms with E-state index in [0.29, 0.717) is 0 Å². The van der Waals surface area contributed by atoms with E-state index in [0.717, 1.165) is 37.0 Å². The summed E-state index contributed by atoms with van der Waals surface area (Å²) in [5.74, 6) is 1.45. The number of imide groups is 1. The lowest BCUT2D eigenvalue weighted by Crippen LogP contribution is -2.62. The van der Waals surface area contributed by atoms with Crippen LogP contribution in [-0.4, -0.2) is 24.1 Å². The highest BCUT2D eigenvalue weighted by molar-refractivity contribution is 5.95. The molecule has 1 aromatic carbocycles. The maximum absolute atomic E-state index is 13.1. The largest absolute Gasteiger partial charge is 0.484 e. The van der Waals surface area contributed by atoms with Gasteiger partial charge in [0.05, 0.1) is 0 Å². The number of benzene rings is 1. The van der Waals surface area contributed by atoms with Crippen molar-refractivity contribution in [2.45, 2.75) is 44.1 Å². The van der Waals surface area contributed by atoms with Gasteiger partial charge in [-0.1, -0.05) is 6.07 Å². The highest BCUT2D eigenvalue weighted by Gasteiger charge is 2.51. The monoisotopic (exact) mass is 346 g/mol. The van der Waals surface area contributed by atoms with Crippen LogP contribution in [-0.2, 0) is 4.79 Å². The highest BCUT2D eigenvalue weighted by atomic mass is 19.1. The van der Waals surface area contributed by atoms with Crippen molar-refractivity contribution in [2.75, 3.05) is 6.61 Å². The van der Waals surface area contributed by atoms with Crippen LogP contribution in [0.3, 0.4) is 0 Å². The minimum Gasteiger partial charge on any atom is -0.484 e. The smallest absolute Gasteiger partial charge is 0.321 e. The van der Waals surface area contributed by atoms with Gasteiger partial charge in [0.1, 0.15) is 11.6 Å². The number of rotatable bonds is 4. The zero-order valence-corrected chi connectivity index (χ0v) is 14.1. The van der Waals surface area contributed by atoms with E-state index in [9.17, 15) is 14.0 Å². The molecule has 0 spiro atoms. The third-order valence-corrected chi connectivity index (χ3v) is 5.84. The maximum atomic E-state index is 13.1. The van der Waals surface area contributed by atoms with E-state index in [1.807, 2.05) is 0 Å². The highest BCUT2D eigenvalue weighted by Crippen LogP contribution is 2.55. The number of amides is 3. The van der Waals surface area contributed by atoms with Gasteiger partial charge in [0.25, 0.3) is 5.91 Å². The molecule has 134 valence electrons. The normalized spacial score (nSPS) is 32.3. The molecule has 2 N–H and O–H groups in total. The Morgan fingerprint density at radius 2 is 1.76 bits per heavy atom. The van der Waals surface area contributed by atoms with Crippen molar-refractivity contribution >= 4 is 11.9 Å². The summed E-state index contributed by atoms with van der Waals surface area (Å²) in [6.45, 7) is -0.322. The molecular weight excluding hydrogens is 323 g/mol. The number of hydrogen-bond acceptors (Lipinski definition) is 3. The molecule has 4 fully saturated rings. The Balaban J connectivity index is 1.28. The van der Waals surface area contributed by atoms with Crippen molar-refractivity contribution in [3.63, 3.8) is 0 Å². The molecule has 5 nitrogen and oxygen atoms in total. The number of halogens is 1. The van der Waals surface area contributed by atoms with E-state index < -0.39 is 17.8 Å². The Morgan fingerprint density at radius 3 is 2.36 bits per heavy atom. The van der Waals surface area contributed by atoms with E-state index in [-0.39, 0.29) is 17.9 Å². The molecule has 25 heavy (non-hydrogen) atoms. The van der Waals surface area contributed by atoms with Crippen LogP contribution in [0.5, 0.6) is 5.75 Å². The minimum absolute atomic E-state index is 0.136. The molecule has 5 rings (SSSR count). The molecular formula is C19H23FN2O3. The Hall–Kier alpha value is -2.11. The molecule has 0 saturated heterocycles. The average molecular weight is 346 g/mol. The summed E-state index contributed by atoms with van der Waals surface area (Å²) < 4.78 is 18.3. The Kier molecular flexibility index (Phi) is 4.13. The standard InChI is InChI=1S/C19H23FN2O3/c20-15-2-1-3-16(7-15)25-11-17(23)21-18(24)22-19-8-12-4-13(9-19)6-14(5-12)10-19/h1-3,7,12-14H,4-6,8-11H2,(H2,21,22,23,24). The lowest BCUT2D eigenvalue weighted by Gasteiger charge is -2.56. The third kappa shape index (κ3) is 3.62. The number of hydrogen-bond donors (Lipinski definition) is 2. The number of ether oxygens (including phenoxy) is 1. The first-order chi connectivity index (χ1) is 12.0. The summed E-state index contributed by atoms with van der Waals surface area (Å²) in [5, 5.41) is 5.41. The molecule has 0 atom stereocenters. The number of carbonyl (C=O) groups is 2. The lowest BCUT2D eigenvalue weighted by molar-refractivity contribution is -0.122. The first-order valence-corrected chi connectivity index (χ1v) is 9.00. The molecule has 0 aliphatic heterocycles. The quantitative estimate of drug-likeness (QED) is 0.881. The van der Waals surface area contributed by atoms with E-state index in [1.165, 1.54) is 37.5 Å². The molecule has 0 aromatic heterocycles. The van der Waals surface area contributed by atoms with E-state index >= 15 is 0 Å². The molecule has 4 bridgehead atoms. The molecule has 0 unspecified atom stereocenters. The molecule has 0 radical (unpaired) electrons. The van der Waals surface area contributed by atoms with Gasteiger partial charge in [0.2, 0.25) is 0 Å². The van der Waals surface area contributed by atoms with Gasteiger partial charge in [-0.3, -0.25) is 10.1 Å². The Labute approximate surface area is 146 Å². The number of urea groups is 1. The van der Waals surface area contributed by atoms with Gasteiger partial charge in [0.15, 0.2) is 6.61 Å². The van der Waals surface area contributed by atoms with Crippen LogP contribution >= 0.6 is 0 Å². The van der Waals surface area contributed by atoms with Gasteiger partial charge in [-0.2, -0.15) is 0 Å². The van der Waals surface area contributed by atoms with Gasteiger partial charge in [-0.25, -0.2) is 9.18 Å². The first-order valence-electron chi connectivity index (χ1n) is 9.00. The summed E-state index contributed by atoms with van der Waals surface area (Å²) in [5.41, 5.74) is -0.136. The Morgan fingerprint density at radius 1 is 1.12 bits per heavy atom. The first kappa shape index (κ1) is 16.4. The van der Waals surface area contributed by atoms with E-state index in [1.54, 1.807) is 6.07 Å². The van der Waals surface area contributed by atoms with Gasteiger partial charge >= 0.3 is 6.03 Å². The SMILES string of the molecule is O=C(COc1cccc(F)c1)NC(=O)NC12CC3CC(CC(C3)C1)C2. The second-order valence-electron chi connectivity index (χ2n) is 7.95. The number of nitrogens with one attached hydrogen (secondary N) is 2. The summed E-state index contributed by atoms with van der Waals surface area (Å²) in [4.78, 5) is 24.2. The fraction of sp³-hybridized carbons (Fsp3) is 0.579. The van der Waals surface area contributed by atoms with Crippen molar-refractivity contribution in [2.24, 2.45) is 17.8 Å². The molecule has 4 aliphatic carbocycles. The fourth-order valence-electron chi connectivity index (χ4n) is 5.40. The molecule has 0 heterocycles. The predicted molar refractivity (Wildman–Crippen MR) is 89.5 cm³/mol. The second kappa shape index (κ2) is 6.32. The third-order valence-electron chi connectivity index (χ3n) is 5.84. The predicted octanol–water partition coefficient (Wildman–Crippen LogP) is 3.00. The van der Waals surface area contributed by atoms with Crippen molar-refractivity contribution in [3.8, 4) is 5.75 Å². The summed E-state index contributed by atoms with van der Waals surface area (Å²) in [6.07, 6.45) is 6.97. The fourth-order valence-corrected chi connectivity index (χ4v) is 5.40. The van der Waals surface area contributed by atoms with Crippen LogP contribution in [0.25, 0.3) is 0 Å². The lowest BCUT2D eigenvalue weighted by atomic mass is 9.53. The van der Waals surface area contributed by atoms with Crippen LogP contribution in [0, 0.1) is 23.6 Å². The molecule has 4 aliphatic rings. The minimum atomic E-state index is -0.536. The van der Waals surface area contributed by atoms with Crippen LogP contribution in [0.2, 0.25) is 0 Å².